The highest BCUT2D eigenvalue weighted by Gasteiger charge is 2.47. The largest absolute Gasteiger partial charge is 0.430 e. The number of nitrogens with one attached hydrogen (secondary N) is 1. The lowest BCUT2D eigenvalue weighted by molar-refractivity contribution is -0.141. The Morgan fingerprint density at radius 3 is 3.05 bits per heavy atom. The molecule has 1 aromatic rings. The van der Waals surface area contributed by atoms with E-state index in [9.17, 15) is 19.8 Å². The van der Waals surface area contributed by atoms with Gasteiger partial charge in [-0.05, 0) is 5.53 Å². The number of aromatic amines is 1. The zero-order chi connectivity index (χ0) is 15.5. The van der Waals surface area contributed by atoms with Gasteiger partial charge in [0.15, 0.2) is 6.23 Å². The average molecular weight is 299 g/mol. The van der Waals surface area contributed by atoms with Crippen LogP contribution in [0.4, 0.5) is 0 Å². The molecule has 1 fully saturated rings. The molecule has 2 heterocycles. The molecule has 11 nitrogen and oxygen atoms in total. The molecule has 0 unspecified atom stereocenters. The zero-order valence-electron chi connectivity index (χ0n) is 10.7. The molecule has 21 heavy (non-hydrogen) atoms. The number of hydrogen-bond donors (Lipinski definition) is 3. The first-order valence-electron chi connectivity index (χ1n) is 5.96. The van der Waals surface area contributed by atoms with Gasteiger partial charge in [0.25, 0.3) is 5.56 Å². The lowest BCUT2D eigenvalue weighted by atomic mass is 10.0. The van der Waals surface area contributed by atoms with Crippen LogP contribution in [-0.4, -0.2) is 44.7 Å². The van der Waals surface area contributed by atoms with Crippen molar-refractivity contribution in [3.8, 4) is 0 Å². The van der Waals surface area contributed by atoms with Gasteiger partial charge < -0.3 is 19.8 Å². The summed E-state index contributed by atoms with van der Waals surface area (Å²) in [7, 11) is 0. The quantitative estimate of drug-likeness (QED) is 0.267. The SMILES string of the molecule is [N-]=[N+]=NOC[C@]1(CO)C[C@@H](O)[C@H](n2ccc(=O)[nH]c2=O)O1. The van der Waals surface area contributed by atoms with E-state index in [4.69, 9.17) is 10.3 Å². The van der Waals surface area contributed by atoms with E-state index in [0.29, 0.717) is 0 Å². The van der Waals surface area contributed by atoms with Crippen LogP contribution in [0.15, 0.2) is 27.1 Å². The van der Waals surface area contributed by atoms with Gasteiger partial charge in [0.05, 0.1) is 6.61 Å². The van der Waals surface area contributed by atoms with Gasteiger partial charge in [0, 0.05) is 23.6 Å². The van der Waals surface area contributed by atoms with Gasteiger partial charge in [-0.2, -0.15) is 0 Å². The predicted molar refractivity (Wildman–Crippen MR) is 67.0 cm³/mol. The summed E-state index contributed by atoms with van der Waals surface area (Å²) >= 11 is 0. The van der Waals surface area contributed by atoms with E-state index in [2.05, 4.69) is 15.0 Å². The molecule has 0 saturated carbocycles. The summed E-state index contributed by atoms with van der Waals surface area (Å²) in [5.41, 5.74) is 5.50. The fourth-order valence-corrected chi connectivity index (χ4v) is 2.15. The molecular weight excluding hydrogens is 286 g/mol. The van der Waals surface area contributed by atoms with Crippen molar-refractivity contribution in [1.82, 2.24) is 9.55 Å². The predicted octanol–water partition coefficient (Wildman–Crippen LogP) is -1.21. The molecule has 2 rings (SSSR count). The van der Waals surface area contributed by atoms with Crippen LogP contribution in [0.2, 0.25) is 0 Å². The normalized spacial score (nSPS) is 28.1. The van der Waals surface area contributed by atoms with Gasteiger partial charge in [0.1, 0.15) is 23.6 Å². The van der Waals surface area contributed by atoms with Gasteiger partial charge in [-0.1, -0.05) is 0 Å². The second-order valence-electron chi connectivity index (χ2n) is 4.58. The van der Waals surface area contributed by atoms with E-state index in [1.54, 1.807) is 0 Å². The molecule has 0 aromatic carbocycles. The Hall–Kier alpha value is -2.33. The van der Waals surface area contributed by atoms with Crippen LogP contribution in [0, 0.1) is 0 Å². The summed E-state index contributed by atoms with van der Waals surface area (Å²) in [5, 5.41) is 22.3. The molecule has 3 atom stereocenters. The zero-order valence-corrected chi connectivity index (χ0v) is 10.7. The summed E-state index contributed by atoms with van der Waals surface area (Å²) in [5.74, 6) is 0. The van der Waals surface area contributed by atoms with Crippen molar-refractivity contribution >= 4 is 0 Å². The first kappa shape index (κ1) is 15.1. The number of aliphatic hydroxyl groups excluding tert-OH is 2. The Balaban J connectivity index is 2.25. The fraction of sp³-hybridized carbons (Fsp3) is 0.600. The molecule has 0 spiro atoms. The lowest BCUT2D eigenvalue weighted by Gasteiger charge is -2.25. The highest BCUT2D eigenvalue weighted by atomic mass is 16.7. The van der Waals surface area contributed by atoms with Crippen molar-refractivity contribution in [3.63, 3.8) is 0 Å². The summed E-state index contributed by atoms with van der Waals surface area (Å²) in [4.78, 5) is 31.7. The summed E-state index contributed by atoms with van der Waals surface area (Å²) in [6.45, 7) is -0.807. The third-order valence-corrected chi connectivity index (χ3v) is 3.12. The standard InChI is InChI=1S/C10H13N5O6/c11-13-14-20-5-10(4-16)3-6(17)8(21-10)15-2-1-7(18)12-9(15)19/h1-2,6,8,16-17H,3-5H2,(H,12,18,19)/t6-,8-,10-/m1/s1. The molecule has 1 aromatic heterocycles. The van der Waals surface area contributed by atoms with E-state index < -0.39 is 35.8 Å². The van der Waals surface area contributed by atoms with Crippen LogP contribution < -0.4 is 11.2 Å². The summed E-state index contributed by atoms with van der Waals surface area (Å²) in [6.07, 6.45) is -1.08. The molecule has 0 aliphatic carbocycles. The average Bonchev–Trinajstić information content (AvgIpc) is 2.77. The van der Waals surface area contributed by atoms with Crippen LogP contribution in [-0.2, 0) is 9.57 Å². The topological polar surface area (TPSA) is 163 Å². The Morgan fingerprint density at radius 2 is 2.43 bits per heavy atom. The number of azide groups is 1. The summed E-state index contributed by atoms with van der Waals surface area (Å²) < 4.78 is 6.49. The first-order chi connectivity index (χ1) is 10.0. The third-order valence-electron chi connectivity index (χ3n) is 3.12. The van der Waals surface area contributed by atoms with E-state index in [0.717, 1.165) is 10.6 Å². The van der Waals surface area contributed by atoms with Crippen LogP contribution in [0.1, 0.15) is 12.6 Å². The molecule has 3 N–H and O–H groups in total. The van der Waals surface area contributed by atoms with Crippen molar-refractivity contribution in [2.75, 3.05) is 13.2 Å². The van der Waals surface area contributed by atoms with Gasteiger partial charge in [-0.3, -0.25) is 14.3 Å². The third kappa shape index (κ3) is 3.06. The number of H-pyrrole nitrogens is 1. The van der Waals surface area contributed by atoms with Gasteiger partial charge in [-0.25, -0.2) is 4.79 Å². The monoisotopic (exact) mass is 299 g/mol. The van der Waals surface area contributed by atoms with E-state index in [1.807, 2.05) is 4.98 Å². The number of aliphatic hydroxyl groups is 2. The molecule has 1 aliphatic heterocycles. The van der Waals surface area contributed by atoms with Crippen molar-refractivity contribution in [2.24, 2.45) is 5.28 Å². The van der Waals surface area contributed by atoms with Crippen LogP contribution in [0.25, 0.3) is 10.4 Å². The lowest BCUT2D eigenvalue weighted by Crippen LogP contribution is -2.39. The number of nitrogens with zero attached hydrogens (tertiary/aromatic N) is 4. The molecule has 0 amide bonds. The first-order valence-corrected chi connectivity index (χ1v) is 5.96. The summed E-state index contributed by atoms with van der Waals surface area (Å²) in [6, 6.07) is 1.10. The van der Waals surface area contributed by atoms with Crippen molar-refractivity contribution in [2.45, 2.75) is 24.4 Å². The Morgan fingerprint density at radius 1 is 1.67 bits per heavy atom. The molecule has 11 heteroatoms. The molecule has 0 radical (unpaired) electrons. The Kier molecular flexibility index (Phi) is 4.29. The minimum Gasteiger partial charge on any atom is -0.430 e. The fourth-order valence-electron chi connectivity index (χ4n) is 2.15. The minimum atomic E-state index is -1.31. The molecule has 1 saturated heterocycles. The van der Waals surface area contributed by atoms with Crippen LogP contribution >= 0.6 is 0 Å². The minimum absolute atomic E-state index is 0.0410. The van der Waals surface area contributed by atoms with Crippen molar-refractivity contribution < 1.29 is 19.8 Å². The smallest absolute Gasteiger partial charge is 0.330 e. The van der Waals surface area contributed by atoms with E-state index >= 15 is 0 Å². The maximum atomic E-state index is 11.7. The van der Waals surface area contributed by atoms with E-state index in [1.165, 1.54) is 6.20 Å². The Bertz CT molecular complexity index is 664. The number of rotatable bonds is 5. The van der Waals surface area contributed by atoms with Gasteiger partial charge in [0.2, 0.25) is 0 Å². The van der Waals surface area contributed by atoms with E-state index in [-0.39, 0.29) is 13.0 Å². The molecule has 114 valence electrons. The van der Waals surface area contributed by atoms with Crippen LogP contribution in [0.5, 0.6) is 0 Å². The number of aromatic nitrogens is 2. The van der Waals surface area contributed by atoms with Gasteiger partial charge in [-0.15, -0.1) is 0 Å². The maximum Gasteiger partial charge on any atom is 0.330 e. The highest BCUT2D eigenvalue weighted by Crippen LogP contribution is 2.36. The molecule has 1 aliphatic rings. The second kappa shape index (κ2) is 5.97. The Labute approximate surface area is 116 Å². The number of ether oxygens (including phenoxy) is 1. The van der Waals surface area contributed by atoms with Gasteiger partial charge >= 0.3 is 5.69 Å². The maximum absolute atomic E-state index is 11.7. The van der Waals surface area contributed by atoms with Crippen molar-refractivity contribution in [3.05, 3.63) is 43.5 Å². The second-order valence-corrected chi connectivity index (χ2v) is 4.58. The molecule has 0 bridgehead atoms. The van der Waals surface area contributed by atoms with Crippen LogP contribution in [0.3, 0.4) is 0 Å². The van der Waals surface area contributed by atoms with Crippen molar-refractivity contribution in [1.29, 1.82) is 0 Å². The number of hydrogen-bond acceptors (Lipinski definition) is 7. The highest BCUT2D eigenvalue weighted by molar-refractivity contribution is 4.95. The molecular formula is C10H13N5O6.